The van der Waals surface area contributed by atoms with Crippen molar-refractivity contribution < 1.29 is 15.0 Å². The van der Waals surface area contributed by atoms with Crippen LogP contribution in [-0.4, -0.2) is 37.5 Å². The molecule has 1 aromatic heterocycles. The third-order valence-corrected chi connectivity index (χ3v) is 5.26. The van der Waals surface area contributed by atoms with Crippen LogP contribution in [0.15, 0.2) is 59.8 Å². The summed E-state index contributed by atoms with van der Waals surface area (Å²) in [5.74, 6) is 0.940. The van der Waals surface area contributed by atoms with Gasteiger partial charge in [-0.15, -0.1) is 0 Å². The molecule has 2 heterocycles. The molecule has 1 aliphatic heterocycles. The van der Waals surface area contributed by atoms with E-state index in [1.165, 1.54) is 0 Å². The molecule has 3 aromatic rings. The summed E-state index contributed by atoms with van der Waals surface area (Å²) in [6, 6.07) is 13.0. The molecule has 2 aromatic carbocycles. The molecule has 1 amide bonds. The molecule has 4 N–H and O–H groups in total. The zero-order valence-corrected chi connectivity index (χ0v) is 17.6. The molecule has 0 saturated carbocycles. The molecule has 0 spiro atoms. The first kappa shape index (κ1) is 20.9. The maximum atomic E-state index is 13.3. The van der Waals surface area contributed by atoms with Crippen molar-refractivity contribution in [3.05, 3.63) is 76.2 Å². The smallest absolute Gasteiger partial charge is 0.255 e. The third-order valence-electron chi connectivity index (χ3n) is 5.01. The van der Waals surface area contributed by atoms with Crippen LogP contribution in [0.5, 0.6) is 5.75 Å². The van der Waals surface area contributed by atoms with Gasteiger partial charge in [0.15, 0.2) is 5.82 Å². The summed E-state index contributed by atoms with van der Waals surface area (Å²) in [6.45, 7) is 1.86. The van der Waals surface area contributed by atoms with E-state index in [0.29, 0.717) is 46.6 Å². The second-order valence-corrected chi connectivity index (χ2v) is 7.68. The van der Waals surface area contributed by atoms with Crippen LogP contribution in [-0.2, 0) is 11.2 Å². The fraction of sp³-hybridized carbons (Fsp3) is 0.227. The minimum Gasteiger partial charge on any atom is -0.508 e. The number of nitrogens with one attached hydrogen (secondary N) is 2. The van der Waals surface area contributed by atoms with Crippen molar-refractivity contribution in [2.45, 2.75) is 25.8 Å². The van der Waals surface area contributed by atoms with Gasteiger partial charge in [-0.1, -0.05) is 23.7 Å². The van der Waals surface area contributed by atoms with Gasteiger partial charge in [0.1, 0.15) is 11.8 Å². The van der Waals surface area contributed by atoms with Gasteiger partial charge in [-0.05, 0) is 55.3 Å². The number of nitrogens with zero attached hydrogens (tertiary/aromatic N) is 3. The minimum absolute atomic E-state index is 0.0463. The fourth-order valence-corrected chi connectivity index (χ4v) is 3.65. The number of rotatable bonds is 6. The number of fused-ring (bicyclic) bond motifs is 1. The van der Waals surface area contributed by atoms with Crippen molar-refractivity contribution in [2.24, 2.45) is 0 Å². The number of hydrogen-bond acceptors (Lipinski definition) is 6. The van der Waals surface area contributed by atoms with E-state index in [-0.39, 0.29) is 18.3 Å². The molecule has 0 unspecified atom stereocenters. The van der Waals surface area contributed by atoms with Gasteiger partial charge in [-0.2, -0.15) is 10.1 Å². The maximum absolute atomic E-state index is 13.3. The largest absolute Gasteiger partial charge is 0.508 e. The van der Waals surface area contributed by atoms with Gasteiger partial charge in [-0.3, -0.25) is 4.79 Å². The predicted molar refractivity (Wildman–Crippen MR) is 118 cm³/mol. The first-order chi connectivity index (χ1) is 15.0. The van der Waals surface area contributed by atoms with Crippen molar-refractivity contribution in [1.82, 2.24) is 14.8 Å². The SMILES string of the molecule is CC1=C(C(=O)Nc2ccc(Cl)cc2)[C@H](c2ccc(O)cc2)n2nc(CCCO)nc2N1. The molecule has 4 rings (SSSR count). The number of carbonyl (C=O) groups excluding carboxylic acids is 1. The number of amides is 1. The Morgan fingerprint density at radius 1 is 1.19 bits per heavy atom. The fourth-order valence-electron chi connectivity index (χ4n) is 3.53. The number of carbonyl (C=O) groups is 1. The number of aryl methyl sites for hydroxylation is 1. The number of aromatic nitrogens is 3. The molecule has 0 aliphatic carbocycles. The van der Waals surface area contributed by atoms with Gasteiger partial charge < -0.3 is 20.8 Å². The van der Waals surface area contributed by atoms with Crippen LogP contribution in [0, 0.1) is 0 Å². The monoisotopic (exact) mass is 439 g/mol. The lowest BCUT2D eigenvalue weighted by Gasteiger charge is -2.28. The van der Waals surface area contributed by atoms with E-state index in [0.717, 1.165) is 5.56 Å². The van der Waals surface area contributed by atoms with Gasteiger partial charge in [0.2, 0.25) is 5.95 Å². The molecule has 0 saturated heterocycles. The molecule has 0 bridgehead atoms. The Bertz CT molecular complexity index is 1120. The highest BCUT2D eigenvalue weighted by atomic mass is 35.5. The number of anilines is 2. The van der Waals surface area contributed by atoms with E-state index >= 15 is 0 Å². The number of phenols is 1. The molecule has 0 fully saturated rings. The second kappa shape index (κ2) is 8.79. The number of aromatic hydroxyl groups is 1. The molecule has 8 nitrogen and oxygen atoms in total. The summed E-state index contributed by atoms with van der Waals surface area (Å²) in [5.41, 5.74) is 2.52. The number of benzene rings is 2. The van der Waals surface area contributed by atoms with Gasteiger partial charge in [0, 0.05) is 29.4 Å². The van der Waals surface area contributed by atoms with Crippen LogP contribution < -0.4 is 10.6 Å². The van der Waals surface area contributed by atoms with E-state index in [4.69, 9.17) is 16.7 Å². The Labute approximate surface area is 184 Å². The van der Waals surface area contributed by atoms with Gasteiger partial charge in [0.05, 0.1) is 5.57 Å². The highest BCUT2D eigenvalue weighted by molar-refractivity contribution is 6.30. The summed E-state index contributed by atoms with van der Waals surface area (Å²) >= 11 is 5.94. The third kappa shape index (κ3) is 4.40. The van der Waals surface area contributed by atoms with Crippen molar-refractivity contribution in [2.75, 3.05) is 17.2 Å². The molecule has 0 radical (unpaired) electrons. The average Bonchev–Trinajstić information content (AvgIpc) is 3.15. The number of aliphatic hydroxyl groups excluding tert-OH is 1. The number of phenolic OH excluding ortho intramolecular Hbond substituents is 1. The predicted octanol–water partition coefficient (Wildman–Crippen LogP) is 3.49. The Hall–Kier alpha value is -3.36. The quantitative estimate of drug-likeness (QED) is 0.467. The van der Waals surface area contributed by atoms with Gasteiger partial charge in [-0.25, -0.2) is 4.68 Å². The number of halogens is 1. The number of aliphatic hydroxyl groups is 1. The summed E-state index contributed by atoms with van der Waals surface area (Å²) < 4.78 is 1.67. The molecule has 1 atom stereocenters. The zero-order valence-electron chi connectivity index (χ0n) is 16.8. The summed E-state index contributed by atoms with van der Waals surface area (Å²) in [7, 11) is 0. The first-order valence-corrected chi connectivity index (χ1v) is 10.2. The van der Waals surface area contributed by atoms with Crippen molar-refractivity contribution in [3.8, 4) is 5.75 Å². The molecule has 9 heteroatoms. The van der Waals surface area contributed by atoms with Crippen molar-refractivity contribution in [3.63, 3.8) is 0 Å². The van der Waals surface area contributed by atoms with Crippen LogP contribution in [0.4, 0.5) is 11.6 Å². The lowest BCUT2D eigenvalue weighted by molar-refractivity contribution is -0.113. The molecule has 1 aliphatic rings. The lowest BCUT2D eigenvalue weighted by atomic mass is 9.95. The standard InChI is InChI=1S/C22H22ClN5O3/c1-13-19(21(31)25-16-8-6-15(23)7-9-16)20(14-4-10-17(30)11-5-14)28-22(24-13)26-18(27-28)3-2-12-29/h4-11,20,29-30H,2-3,12H2,1H3,(H,25,31)(H,24,26,27)/t20-/m0/s1. The molecule has 160 valence electrons. The zero-order chi connectivity index (χ0) is 22.0. The van der Waals surface area contributed by atoms with E-state index in [1.807, 2.05) is 6.92 Å². The van der Waals surface area contributed by atoms with E-state index in [2.05, 4.69) is 20.7 Å². The summed E-state index contributed by atoms with van der Waals surface area (Å²) in [5, 5.41) is 30.1. The minimum atomic E-state index is -0.542. The van der Waals surface area contributed by atoms with Gasteiger partial charge >= 0.3 is 0 Å². The van der Waals surface area contributed by atoms with Crippen LogP contribution in [0.1, 0.15) is 30.8 Å². The molecular formula is C22H22ClN5O3. The summed E-state index contributed by atoms with van der Waals surface area (Å²) in [6.07, 6.45) is 1.06. The molecule has 31 heavy (non-hydrogen) atoms. The normalized spacial score (nSPS) is 15.4. The van der Waals surface area contributed by atoms with Crippen LogP contribution in [0.25, 0.3) is 0 Å². The Morgan fingerprint density at radius 2 is 1.90 bits per heavy atom. The highest BCUT2D eigenvalue weighted by Gasteiger charge is 2.34. The highest BCUT2D eigenvalue weighted by Crippen LogP contribution is 2.36. The van der Waals surface area contributed by atoms with E-state index in [9.17, 15) is 9.90 Å². The topological polar surface area (TPSA) is 112 Å². The maximum Gasteiger partial charge on any atom is 0.255 e. The van der Waals surface area contributed by atoms with E-state index < -0.39 is 6.04 Å². The van der Waals surface area contributed by atoms with Crippen LogP contribution >= 0.6 is 11.6 Å². The molecular weight excluding hydrogens is 418 g/mol. The second-order valence-electron chi connectivity index (χ2n) is 7.24. The number of allylic oxidation sites excluding steroid dienone is 1. The Balaban J connectivity index is 1.74. The van der Waals surface area contributed by atoms with E-state index in [1.54, 1.807) is 53.2 Å². The Morgan fingerprint density at radius 3 is 2.58 bits per heavy atom. The lowest BCUT2D eigenvalue weighted by Crippen LogP contribution is -2.31. The number of hydrogen-bond donors (Lipinski definition) is 4. The van der Waals surface area contributed by atoms with Crippen molar-refractivity contribution in [1.29, 1.82) is 0 Å². The van der Waals surface area contributed by atoms with Gasteiger partial charge in [0.25, 0.3) is 5.91 Å². The van der Waals surface area contributed by atoms with Crippen molar-refractivity contribution >= 4 is 29.1 Å². The first-order valence-electron chi connectivity index (χ1n) is 9.86. The van der Waals surface area contributed by atoms with Crippen LogP contribution in [0.2, 0.25) is 5.02 Å². The average molecular weight is 440 g/mol. The summed E-state index contributed by atoms with van der Waals surface area (Å²) in [4.78, 5) is 17.8. The Kier molecular flexibility index (Phi) is 5.92. The van der Waals surface area contributed by atoms with Crippen LogP contribution in [0.3, 0.4) is 0 Å².